The molecule has 4 aromatic carbocycles. The summed E-state index contributed by atoms with van der Waals surface area (Å²) in [7, 11) is 5.76. The van der Waals surface area contributed by atoms with E-state index in [1.807, 2.05) is 78.5 Å². The molecule has 1 atom stereocenters. The molecule has 7 aromatic heterocycles. The minimum Gasteiger partial charge on any atom is -0.466 e. The molecule has 1 amide bonds. The van der Waals surface area contributed by atoms with E-state index < -0.39 is 0 Å². The van der Waals surface area contributed by atoms with Gasteiger partial charge in [-0.15, -0.1) is 11.3 Å². The van der Waals surface area contributed by atoms with Crippen molar-refractivity contribution in [2.24, 2.45) is 55.1 Å². The number of hydrazone groups is 1. The monoisotopic (exact) mass is 1400 g/mol. The quantitative estimate of drug-likeness (QED) is 0.146. The first-order valence-electron chi connectivity index (χ1n) is 35.4. The Morgan fingerprint density at radius 1 is 0.398 bits per heavy atom. The highest BCUT2D eigenvalue weighted by Gasteiger charge is 2.32. The maximum absolute atomic E-state index is 10.9. The van der Waals surface area contributed by atoms with Crippen molar-refractivity contribution in [3.8, 4) is 0 Å². The lowest BCUT2D eigenvalue weighted by Crippen LogP contribution is -2.32. The van der Waals surface area contributed by atoms with Crippen LogP contribution in [0.5, 0.6) is 0 Å². The number of aromatic nitrogens is 6. The Bertz CT molecular complexity index is 5110. The van der Waals surface area contributed by atoms with Crippen LogP contribution in [-0.4, -0.2) is 75.7 Å². The number of thiophene rings is 1. The average Bonchev–Trinajstić information content (AvgIpc) is 1.56. The molecule has 0 saturated carbocycles. The van der Waals surface area contributed by atoms with Crippen LogP contribution < -0.4 is 11.0 Å². The fourth-order valence-electron chi connectivity index (χ4n) is 13.0. The average molecular weight is 1400 g/mol. The van der Waals surface area contributed by atoms with Crippen molar-refractivity contribution >= 4 is 79.5 Å². The zero-order valence-electron chi connectivity index (χ0n) is 66.8. The van der Waals surface area contributed by atoms with Crippen molar-refractivity contribution in [3.05, 3.63) is 226 Å². The molecule has 12 heterocycles. The van der Waals surface area contributed by atoms with Crippen molar-refractivity contribution in [2.45, 2.75) is 201 Å². The van der Waals surface area contributed by atoms with Gasteiger partial charge < -0.3 is 13.5 Å². The number of carbonyl (C=O) groups excluding carboxylic acids is 1. The van der Waals surface area contributed by atoms with E-state index in [9.17, 15) is 4.79 Å². The van der Waals surface area contributed by atoms with E-state index in [0.717, 1.165) is 106 Å². The van der Waals surface area contributed by atoms with Gasteiger partial charge in [-0.3, -0.25) is 18.6 Å². The predicted molar refractivity (Wildman–Crippen MR) is 426 cm³/mol. The Kier molecular flexibility index (Phi) is 21.6. The molecule has 0 saturated heterocycles. The number of rotatable bonds is 0. The van der Waals surface area contributed by atoms with E-state index in [1.165, 1.54) is 115 Å². The summed E-state index contributed by atoms with van der Waals surface area (Å²) in [6, 6.07) is 17.8. The highest BCUT2D eigenvalue weighted by Crippen LogP contribution is 2.43. The Labute approximate surface area is 612 Å². The summed E-state index contributed by atoms with van der Waals surface area (Å²) < 4.78 is 18.8. The normalized spacial score (nSPS) is 14.1. The van der Waals surface area contributed by atoms with Crippen LogP contribution in [0.4, 0.5) is 11.6 Å². The zero-order valence-corrected chi connectivity index (χ0v) is 67.6. The molecule has 11 aromatic rings. The van der Waals surface area contributed by atoms with Crippen LogP contribution in [-0.2, 0) is 25.6 Å². The van der Waals surface area contributed by atoms with Crippen molar-refractivity contribution < 1.29 is 13.7 Å². The molecule has 538 valence electrons. The fraction of sp³-hybridized carbons (Fsp3) is 0.388. The van der Waals surface area contributed by atoms with Crippen LogP contribution >= 0.6 is 11.3 Å². The molecule has 0 N–H and O–H groups in total. The summed E-state index contributed by atoms with van der Waals surface area (Å²) in [6.45, 7) is 59.0. The minimum absolute atomic E-state index is 0.00463. The van der Waals surface area contributed by atoms with Crippen molar-refractivity contribution in [2.75, 3.05) is 7.05 Å². The van der Waals surface area contributed by atoms with Crippen molar-refractivity contribution in [1.82, 2.24) is 33.6 Å². The smallest absolute Gasteiger partial charge is 0.250 e. The lowest BCUT2D eigenvalue weighted by atomic mass is 10.00. The Balaban J connectivity index is 0.000000168. The van der Waals surface area contributed by atoms with Gasteiger partial charge in [0, 0.05) is 103 Å². The van der Waals surface area contributed by atoms with Gasteiger partial charge in [-0.2, -0.15) is 10.2 Å². The Morgan fingerprint density at radius 2 is 0.777 bits per heavy atom. The third kappa shape index (κ3) is 14.5. The maximum atomic E-state index is 10.9. The van der Waals surface area contributed by atoms with E-state index in [4.69, 9.17) is 38.9 Å². The number of aryl methyl sites for hydroxylation is 16. The van der Waals surface area contributed by atoms with E-state index >= 15 is 0 Å². The van der Waals surface area contributed by atoms with Crippen LogP contribution in [0.15, 0.2) is 92.5 Å². The molecule has 0 spiro atoms. The van der Waals surface area contributed by atoms with Crippen LogP contribution in [0.25, 0.3) is 21.5 Å². The third-order valence-corrected chi connectivity index (χ3v) is 23.7. The number of benzene rings is 4. The van der Waals surface area contributed by atoms with E-state index in [0.29, 0.717) is 30.0 Å². The number of amidine groups is 4. The molecule has 5 aliphatic heterocycles. The number of furan rings is 1. The second-order valence-corrected chi connectivity index (χ2v) is 30.2. The molecule has 0 radical (unpaired) electrons. The summed E-state index contributed by atoms with van der Waals surface area (Å²) in [6.07, 6.45) is 0. The lowest BCUT2D eigenvalue weighted by Gasteiger charge is -2.12. The molecule has 18 heteroatoms. The molecule has 16 rings (SSSR count). The van der Waals surface area contributed by atoms with Gasteiger partial charge in [-0.05, 0) is 326 Å². The van der Waals surface area contributed by atoms with Crippen LogP contribution in [0.2, 0.25) is 0 Å². The van der Waals surface area contributed by atoms with Gasteiger partial charge in [0.05, 0.1) is 17.3 Å². The first kappa shape index (κ1) is 75.7. The lowest BCUT2D eigenvalue weighted by molar-refractivity contribution is -0.130. The first-order chi connectivity index (χ1) is 48.3. The van der Waals surface area contributed by atoms with Gasteiger partial charge >= 0.3 is 0 Å². The highest BCUT2D eigenvalue weighted by atomic mass is 32.1. The van der Waals surface area contributed by atoms with Gasteiger partial charge in [0.1, 0.15) is 46.6 Å². The number of carbonyl (C=O) groups is 1. The van der Waals surface area contributed by atoms with Crippen molar-refractivity contribution in [1.29, 1.82) is 0 Å². The molecule has 5 aliphatic rings. The Morgan fingerprint density at radius 3 is 1.01 bits per heavy atom. The second-order valence-electron chi connectivity index (χ2n) is 28.8. The fourth-order valence-corrected chi connectivity index (χ4v) is 14.0. The van der Waals surface area contributed by atoms with Crippen LogP contribution in [0.3, 0.4) is 0 Å². The first-order valence-corrected chi connectivity index (χ1v) is 36.3. The minimum atomic E-state index is -0.00463. The summed E-state index contributed by atoms with van der Waals surface area (Å²) in [4.78, 5) is 45.9. The van der Waals surface area contributed by atoms with E-state index in [-0.39, 0.29) is 11.8 Å². The molecular weight excluding hydrogens is 1300 g/mol. The molecular formula is C85H104N14O3S. The topological polar surface area (TPSA) is 179 Å². The standard InChI is InChI=1S/C41H34N8.C9H15N.C8H12O.C8H12S.C7H12N2.C6H10N2O.C6H9NO/c1-18-9-26-27(10-19(18)2)35-42-34(26)44-38-30-13-22(5)23(6)14-31(30)40-46-36-28-11-20(3)21(4)12-29(28)37(43-36)47-41-33-16-25(8)24(7)15-32(33)39(45-35)49(41)17-48(38)40;1-6-7(2)9(4)10(5)8(6)3;2*1-5-6(2)8(4)9-7(5)3;1-5-6(2)8-9(4)7(5)3;1-4-5(2)7-8(3)6(4)9;1-4-5(2)7-8-6(4)3/h9-16H,17H2,1-8H3;1-5H3;3*1-4H3;4H,1-3H3;1-3H3. The SMILES string of the molecule is CC1=NN(C)C(=O)C1C.Cc1c(C)c(C)n(C)c1C.Cc1cc2c(cc1C)C1=Nc3c4cc(C)c(C)cc4c4n3Cn3c(c5cc(C)c(C)cc5c3=NC3=NC(=N4)c4cc(C)c(C)cc43)=NC2=N1.Cc1nn(C)c(C)c1C.Cc1noc(C)c1C.Cc1oc(C)c(C)c1C.Cc1sc(C)c(C)c1C. The maximum Gasteiger partial charge on any atom is 0.250 e. The summed E-state index contributed by atoms with van der Waals surface area (Å²) >= 11 is 1.90. The molecule has 17 nitrogen and oxygen atoms in total. The largest absolute Gasteiger partial charge is 0.466 e. The number of fused-ring (bicyclic) bond motifs is 14. The van der Waals surface area contributed by atoms with Gasteiger partial charge in [-0.25, -0.2) is 35.0 Å². The van der Waals surface area contributed by atoms with Crippen molar-refractivity contribution in [3.63, 3.8) is 0 Å². The number of aliphatic imine (C=N–C) groups is 4. The summed E-state index contributed by atoms with van der Waals surface area (Å²) in [5, 5.41) is 17.4. The third-order valence-electron chi connectivity index (χ3n) is 22.4. The van der Waals surface area contributed by atoms with Crippen LogP contribution in [0.1, 0.15) is 181 Å². The zero-order chi connectivity index (χ0) is 75.7. The van der Waals surface area contributed by atoms with Crippen LogP contribution in [0, 0.1) is 186 Å². The number of nitrogens with zero attached hydrogens (tertiary/aromatic N) is 14. The number of hydrogen-bond donors (Lipinski definition) is 0. The second kappa shape index (κ2) is 29.4. The summed E-state index contributed by atoms with van der Waals surface area (Å²) in [5.74, 6) is 7.39. The van der Waals surface area contributed by atoms with E-state index in [2.05, 4.69) is 223 Å². The molecule has 0 aliphatic carbocycles. The highest BCUT2D eigenvalue weighted by molar-refractivity contribution is 7.12. The number of hydrogen-bond acceptors (Lipinski definition) is 13. The molecule has 1 unspecified atom stereocenters. The molecule has 0 fully saturated rings. The van der Waals surface area contributed by atoms with Gasteiger partial charge in [0.2, 0.25) is 0 Å². The molecule has 103 heavy (non-hydrogen) atoms. The molecule has 6 bridgehead atoms. The summed E-state index contributed by atoms with van der Waals surface area (Å²) in [5.41, 5.74) is 33.1. The van der Waals surface area contributed by atoms with Gasteiger partial charge in [-0.1, -0.05) is 5.16 Å². The van der Waals surface area contributed by atoms with Gasteiger partial charge in [0.25, 0.3) is 5.91 Å². The predicted octanol–water partition coefficient (Wildman–Crippen LogP) is 18.7. The van der Waals surface area contributed by atoms with E-state index in [1.54, 1.807) is 7.05 Å². The Hall–Kier alpha value is -9.94. The van der Waals surface area contributed by atoms with Gasteiger partial charge in [0.15, 0.2) is 23.3 Å². The number of amides is 1.